The van der Waals surface area contributed by atoms with Crippen molar-refractivity contribution in [2.24, 2.45) is 11.8 Å². The number of nitrogens with one attached hydrogen (secondary N) is 1. The van der Waals surface area contributed by atoms with Crippen molar-refractivity contribution in [3.05, 3.63) is 12.2 Å². The lowest BCUT2D eigenvalue weighted by molar-refractivity contribution is -0.141. The van der Waals surface area contributed by atoms with Crippen LogP contribution in [0.2, 0.25) is 0 Å². The summed E-state index contributed by atoms with van der Waals surface area (Å²) in [5, 5.41) is 11.2. The lowest BCUT2D eigenvalue weighted by Gasteiger charge is -2.36. The summed E-state index contributed by atoms with van der Waals surface area (Å²) in [7, 11) is 0. The van der Waals surface area contributed by atoms with Gasteiger partial charge in [-0.15, -0.1) is 10.2 Å². The molecule has 1 N–H and O–H groups in total. The molecule has 1 aliphatic carbocycles. The number of piperidine rings is 1. The van der Waals surface area contributed by atoms with E-state index in [0.717, 1.165) is 44.5 Å². The standard InChI is InChI=1S/C18H29N5O2/c1-3-9-23-12-19-21-16(23)13(2)20-17(24)14-7-10-22(11-8-14)18(25)15-5-4-6-15/h12-15H,3-11H2,1-2H3,(H,20,24)/t13-/m0/s1. The van der Waals surface area contributed by atoms with Crippen molar-refractivity contribution in [3.63, 3.8) is 0 Å². The Morgan fingerprint density at radius 2 is 1.96 bits per heavy atom. The first kappa shape index (κ1) is 17.9. The van der Waals surface area contributed by atoms with Crippen molar-refractivity contribution in [1.29, 1.82) is 0 Å². The zero-order valence-corrected chi connectivity index (χ0v) is 15.3. The Bertz CT molecular complexity index is 602. The third kappa shape index (κ3) is 4.02. The molecule has 0 unspecified atom stereocenters. The Labute approximate surface area is 149 Å². The van der Waals surface area contributed by atoms with Crippen LogP contribution in [-0.2, 0) is 16.1 Å². The van der Waals surface area contributed by atoms with Gasteiger partial charge in [0.05, 0.1) is 6.04 Å². The predicted molar refractivity (Wildman–Crippen MR) is 93.5 cm³/mol. The number of nitrogens with zero attached hydrogens (tertiary/aromatic N) is 4. The number of amides is 2. The molecule has 1 aromatic rings. The summed E-state index contributed by atoms with van der Waals surface area (Å²) in [5.74, 6) is 1.39. The van der Waals surface area contributed by atoms with E-state index in [1.807, 2.05) is 16.4 Å². The zero-order chi connectivity index (χ0) is 17.8. The molecule has 2 amide bonds. The fourth-order valence-corrected chi connectivity index (χ4v) is 3.68. The van der Waals surface area contributed by atoms with Gasteiger partial charge >= 0.3 is 0 Å². The monoisotopic (exact) mass is 347 g/mol. The van der Waals surface area contributed by atoms with Gasteiger partial charge in [-0.25, -0.2) is 0 Å². The van der Waals surface area contributed by atoms with Crippen molar-refractivity contribution in [2.75, 3.05) is 13.1 Å². The highest BCUT2D eigenvalue weighted by Crippen LogP contribution is 2.30. The van der Waals surface area contributed by atoms with Crippen LogP contribution in [0.4, 0.5) is 0 Å². The molecule has 1 aliphatic heterocycles. The van der Waals surface area contributed by atoms with Gasteiger partial charge in [-0.3, -0.25) is 9.59 Å². The first-order valence-corrected chi connectivity index (χ1v) is 9.57. The van der Waals surface area contributed by atoms with E-state index in [1.165, 1.54) is 6.42 Å². The molecule has 25 heavy (non-hydrogen) atoms. The number of aromatic nitrogens is 3. The molecule has 0 radical (unpaired) electrons. The Hall–Kier alpha value is -1.92. The Morgan fingerprint density at radius 3 is 2.56 bits per heavy atom. The number of carbonyl (C=O) groups excluding carboxylic acids is 2. The number of rotatable bonds is 6. The Balaban J connectivity index is 1.49. The third-order valence-corrected chi connectivity index (χ3v) is 5.49. The molecule has 0 spiro atoms. The first-order chi connectivity index (χ1) is 12.1. The van der Waals surface area contributed by atoms with E-state index in [9.17, 15) is 9.59 Å². The van der Waals surface area contributed by atoms with E-state index in [0.29, 0.717) is 19.0 Å². The van der Waals surface area contributed by atoms with Crippen molar-refractivity contribution in [3.8, 4) is 0 Å². The van der Waals surface area contributed by atoms with Crippen LogP contribution in [0.25, 0.3) is 0 Å². The zero-order valence-electron chi connectivity index (χ0n) is 15.3. The summed E-state index contributed by atoms with van der Waals surface area (Å²) < 4.78 is 1.99. The summed E-state index contributed by atoms with van der Waals surface area (Å²) >= 11 is 0. The van der Waals surface area contributed by atoms with Crippen LogP contribution in [0.5, 0.6) is 0 Å². The van der Waals surface area contributed by atoms with Crippen molar-refractivity contribution in [1.82, 2.24) is 25.0 Å². The van der Waals surface area contributed by atoms with E-state index < -0.39 is 0 Å². The maximum atomic E-state index is 12.6. The van der Waals surface area contributed by atoms with Crippen LogP contribution >= 0.6 is 0 Å². The average molecular weight is 347 g/mol. The fourth-order valence-electron chi connectivity index (χ4n) is 3.68. The molecular formula is C18H29N5O2. The van der Waals surface area contributed by atoms with E-state index in [1.54, 1.807) is 6.33 Å². The van der Waals surface area contributed by atoms with Gasteiger partial charge < -0.3 is 14.8 Å². The molecule has 1 aromatic heterocycles. The normalized spacial score (nSPS) is 20.2. The second-order valence-corrected chi connectivity index (χ2v) is 7.34. The van der Waals surface area contributed by atoms with Gasteiger partial charge in [-0.2, -0.15) is 0 Å². The van der Waals surface area contributed by atoms with Crippen LogP contribution in [0.1, 0.15) is 64.2 Å². The second kappa shape index (κ2) is 7.97. The van der Waals surface area contributed by atoms with Crippen LogP contribution < -0.4 is 5.32 Å². The molecule has 7 nitrogen and oxygen atoms in total. The number of hydrogen-bond donors (Lipinski definition) is 1. The minimum atomic E-state index is -0.156. The number of carbonyl (C=O) groups is 2. The fraction of sp³-hybridized carbons (Fsp3) is 0.778. The Morgan fingerprint density at radius 1 is 1.24 bits per heavy atom. The number of likely N-dealkylation sites (tertiary alicyclic amines) is 1. The van der Waals surface area contributed by atoms with Gasteiger partial charge in [0.1, 0.15) is 6.33 Å². The van der Waals surface area contributed by atoms with E-state index in [-0.39, 0.29) is 23.8 Å². The molecule has 3 rings (SSSR count). The van der Waals surface area contributed by atoms with E-state index in [2.05, 4.69) is 22.4 Å². The van der Waals surface area contributed by atoms with Crippen molar-refractivity contribution < 1.29 is 9.59 Å². The number of hydrogen-bond acceptors (Lipinski definition) is 4. The van der Waals surface area contributed by atoms with Gasteiger partial charge in [-0.1, -0.05) is 13.3 Å². The summed E-state index contributed by atoms with van der Waals surface area (Å²) in [4.78, 5) is 26.8. The quantitative estimate of drug-likeness (QED) is 0.852. The summed E-state index contributed by atoms with van der Waals surface area (Å²) in [6.07, 6.45) is 7.46. The van der Waals surface area contributed by atoms with E-state index in [4.69, 9.17) is 0 Å². The molecule has 0 bridgehead atoms. The number of aryl methyl sites for hydroxylation is 1. The summed E-state index contributed by atoms with van der Waals surface area (Å²) in [6.45, 7) is 6.31. The molecule has 1 saturated carbocycles. The largest absolute Gasteiger partial charge is 0.346 e. The van der Waals surface area contributed by atoms with Gasteiger partial charge in [0.15, 0.2) is 5.82 Å². The van der Waals surface area contributed by atoms with Crippen molar-refractivity contribution >= 4 is 11.8 Å². The average Bonchev–Trinajstić information content (AvgIpc) is 3.02. The Kier molecular flexibility index (Phi) is 5.71. The topological polar surface area (TPSA) is 80.1 Å². The summed E-state index contributed by atoms with van der Waals surface area (Å²) in [5.41, 5.74) is 0. The minimum Gasteiger partial charge on any atom is -0.346 e. The van der Waals surface area contributed by atoms with Crippen molar-refractivity contribution in [2.45, 2.75) is 65.0 Å². The van der Waals surface area contributed by atoms with Crippen LogP contribution in [0.3, 0.4) is 0 Å². The molecule has 2 heterocycles. The molecule has 2 fully saturated rings. The van der Waals surface area contributed by atoms with Crippen LogP contribution in [0, 0.1) is 11.8 Å². The van der Waals surface area contributed by atoms with Crippen LogP contribution in [0.15, 0.2) is 6.33 Å². The molecule has 138 valence electrons. The highest BCUT2D eigenvalue weighted by molar-refractivity contribution is 5.81. The maximum Gasteiger partial charge on any atom is 0.225 e. The molecule has 7 heteroatoms. The lowest BCUT2D eigenvalue weighted by Crippen LogP contribution is -2.46. The lowest BCUT2D eigenvalue weighted by atomic mass is 9.83. The third-order valence-electron chi connectivity index (χ3n) is 5.49. The highest BCUT2D eigenvalue weighted by Gasteiger charge is 2.33. The van der Waals surface area contributed by atoms with Gasteiger partial charge in [-0.05, 0) is 39.0 Å². The first-order valence-electron chi connectivity index (χ1n) is 9.57. The smallest absolute Gasteiger partial charge is 0.225 e. The molecule has 0 aromatic carbocycles. The highest BCUT2D eigenvalue weighted by atomic mass is 16.2. The molecule has 1 saturated heterocycles. The van der Waals surface area contributed by atoms with Gasteiger partial charge in [0, 0.05) is 31.5 Å². The minimum absolute atomic E-state index is 0.0181. The van der Waals surface area contributed by atoms with Crippen LogP contribution in [-0.4, -0.2) is 44.6 Å². The molecular weight excluding hydrogens is 318 g/mol. The second-order valence-electron chi connectivity index (χ2n) is 7.34. The molecule has 1 atom stereocenters. The van der Waals surface area contributed by atoms with Gasteiger partial charge in [0.25, 0.3) is 0 Å². The maximum absolute atomic E-state index is 12.6. The molecule has 2 aliphatic rings. The summed E-state index contributed by atoms with van der Waals surface area (Å²) in [6, 6.07) is -0.156. The van der Waals surface area contributed by atoms with Gasteiger partial charge in [0.2, 0.25) is 11.8 Å². The van der Waals surface area contributed by atoms with E-state index >= 15 is 0 Å². The SMILES string of the molecule is CCCn1cnnc1[C@H](C)NC(=O)C1CCN(C(=O)C2CCC2)CC1. The predicted octanol–water partition coefficient (Wildman–Crippen LogP) is 1.90.